The Morgan fingerprint density at radius 2 is 2.19 bits per heavy atom. The number of urea groups is 1. The van der Waals surface area contributed by atoms with Gasteiger partial charge in [-0.2, -0.15) is 0 Å². The lowest BCUT2D eigenvalue weighted by Crippen LogP contribution is -2.36. The van der Waals surface area contributed by atoms with E-state index in [1.165, 1.54) is 0 Å². The molecule has 2 amide bonds. The lowest BCUT2D eigenvalue weighted by Gasteiger charge is -2.16. The predicted molar refractivity (Wildman–Crippen MR) is 90.5 cm³/mol. The van der Waals surface area contributed by atoms with Crippen molar-refractivity contribution in [1.29, 1.82) is 0 Å². The highest BCUT2D eigenvalue weighted by atomic mass is 79.9. The minimum absolute atomic E-state index is 0.0448. The number of hydrogen-bond acceptors (Lipinski definition) is 3. The van der Waals surface area contributed by atoms with E-state index in [4.69, 9.17) is 4.74 Å². The minimum Gasteiger partial charge on any atom is -0.492 e. The summed E-state index contributed by atoms with van der Waals surface area (Å²) in [4.78, 5) is 12.0. The van der Waals surface area contributed by atoms with Crippen molar-refractivity contribution in [2.75, 3.05) is 23.9 Å². The summed E-state index contributed by atoms with van der Waals surface area (Å²) >= 11 is 3.37. The maximum Gasteiger partial charge on any atom is 0.319 e. The Hall–Kier alpha value is -1.08. The molecule has 1 aromatic rings. The Bertz CT molecular complexity index is 511. The fourth-order valence-electron chi connectivity index (χ4n) is 1.68. The summed E-state index contributed by atoms with van der Waals surface area (Å²) in [6.07, 6.45) is 2.33. The molecule has 21 heavy (non-hydrogen) atoms. The van der Waals surface area contributed by atoms with Crippen LogP contribution in [-0.4, -0.2) is 34.9 Å². The molecule has 2 atom stereocenters. The normalized spacial score (nSPS) is 13.3. The van der Waals surface area contributed by atoms with E-state index in [0.29, 0.717) is 30.2 Å². The first-order valence-electron chi connectivity index (χ1n) is 6.72. The zero-order chi connectivity index (χ0) is 15.8. The smallest absolute Gasteiger partial charge is 0.319 e. The number of amides is 2. The Morgan fingerprint density at radius 1 is 1.48 bits per heavy atom. The topological polar surface area (TPSA) is 67.4 Å². The molecule has 0 bridgehead atoms. The lowest BCUT2D eigenvalue weighted by atomic mass is 10.2. The van der Waals surface area contributed by atoms with Gasteiger partial charge in [0.25, 0.3) is 0 Å². The highest BCUT2D eigenvalue weighted by molar-refractivity contribution is 9.10. The maximum atomic E-state index is 12.0. The summed E-state index contributed by atoms with van der Waals surface area (Å²) in [5.74, 6) is 1.20. The van der Waals surface area contributed by atoms with Crippen LogP contribution < -0.4 is 15.4 Å². The van der Waals surface area contributed by atoms with Crippen molar-refractivity contribution >= 4 is 38.4 Å². The lowest BCUT2D eigenvalue weighted by molar-refractivity contribution is 0.248. The number of ether oxygens (including phenoxy) is 1. The molecule has 2 N–H and O–H groups in total. The van der Waals surface area contributed by atoms with E-state index >= 15 is 0 Å². The molecule has 0 spiro atoms. The fourth-order valence-corrected chi connectivity index (χ4v) is 2.72. The minimum atomic E-state index is -0.846. The van der Waals surface area contributed by atoms with Crippen LogP contribution in [0.4, 0.5) is 10.5 Å². The monoisotopic (exact) mass is 376 g/mol. The van der Waals surface area contributed by atoms with Gasteiger partial charge in [-0.3, -0.25) is 4.21 Å². The molecule has 0 saturated carbocycles. The number of carbonyl (C=O) groups excluding carboxylic acids is 1. The maximum absolute atomic E-state index is 12.0. The summed E-state index contributed by atoms with van der Waals surface area (Å²) < 4.78 is 17.4. The van der Waals surface area contributed by atoms with Crippen molar-refractivity contribution in [3.8, 4) is 5.75 Å². The second kappa shape index (κ2) is 9.04. The molecule has 0 aromatic heterocycles. The summed E-state index contributed by atoms with van der Waals surface area (Å²) in [7, 11) is -0.846. The molecule has 1 aromatic carbocycles. The third-order valence-corrected chi connectivity index (χ3v) is 4.01. The number of halogens is 1. The molecule has 5 nitrogen and oxygen atoms in total. The molecule has 0 saturated heterocycles. The molecular weight excluding hydrogens is 356 g/mol. The molecule has 118 valence electrons. The second-order valence-electron chi connectivity index (χ2n) is 4.64. The summed E-state index contributed by atoms with van der Waals surface area (Å²) in [5, 5.41) is 5.59. The molecule has 0 radical (unpaired) electrons. The predicted octanol–water partition coefficient (Wildman–Crippen LogP) is 3.13. The van der Waals surface area contributed by atoms with Crippen molar-refractivity contribution in [3.63, 3.8) is 0 Å². The molecule has 0 unspecified atom stereocenters. The molecule has 7 heteroatoms. The summed E-state index contributed by atoms with van der Waals surface area (Å²) in [6, 6.07) is 5.09. The van der Waals surface area contributed by atoms with Crippen molar-refractivity contribution in [2.45, 2.75) is 26.3 Å². The van der Waals surface area contributed by atoms with Crippen LogP contribution >= 0.6 is 15.9 Å². The van der Waals surface area contributed by atoms with Gasteiger partial charge in [0.1, 0.15) is 5.75 Å². The Labute approximate surface area is 136 Å². The molecular formula is C14H21BrN2O3S. The van der Waals surface area contributed by atoms with Crippen LogP contribution in [0.15, 0.2) is 22.7 Å². The van der Waals surface area contributed by atoms with Gasteiger partial charge < -0.3 is 15.4 Å². The van der Waals surface area contributed by atoms with E-state index in [-0.39, 0.29) is 12.1 Å². The number of hydrogen-bond donors (Lipinski definition) is 2. The number of anilines is 1. The third-order valence-electron chi connectivity index (χ3n) is 2.71. The zero-order valence-electron chi connectivity index (χ0n) is 12.4. The molecule has 0 aliphatic carbocycles. The third kappa shape index (κ3) is 6.95. The van der Waals surface area contributed by atoms with Crippen molar-refractivity contribution < 1.29 is 13.7 Å². The van der Waals surface area contributed by atoms with Crippen molar-refractivity contribution in [1.82, 2.24) is 5.32 Å². The SMILES string of the molecule is CCOc1ccc(Br)cc1NC(=O)N[C@@H](C)CC[S@@](C)=O. The zero-order valence-corrected chi connectivity index (χ0v) is 14.8. The molecule has 0 heterocycles. The largest absolute Gasteiger partial charge is 0.492 e. The van der Waals surface area contributed by atoms with Crippen LogP contribution in [0.25, 0.3) is 0 Å². The van der Waals surface area contributed by atoms with Crippen LogP contribution in [0.5, 0.6) is 5.75 Å². The Kier molecular flexibility index (Phi) is 7.74. The summed E-state index contributed by atoms with van der Waals surface area (Å²) in [6.45, 7) is 4.30. The fraction of sp³-hybridized carbons (Fsp3) is 0.500. The first kappa shape index (κ1) is 18.0. The number of rotatable bonds is 7. The second-order valence-corrected chi connectivity index (χ2v) is 7.11. The van der Waals surface area contributed by atoms with Gasteiger partial charge in [-0.05, 0) is 38.5 Å². The van der Waals surface area contributed by atoms with E-state index < -0.39 is 10.8 Å². The number of nitrogens with one attached hydrogen (secondary N) is 2. The average Bonchev–Trinajstić information content (AvgIpc) is 2.39. The van der Waals surface area contributed by atoms with Gasteiger partial charge in [-0.1, -0.05) is 15.9 Å². The summed E-state index contributed by atoms with van der Waals surface area (Å²) in [5.41, 5.74) is 0.606. The standard InChI is InChI=1S/C14H21BrN2O3S/c1-4-20-13-6-5-11(15)9-12(13)17-14(18)16-10(2)7-8-21(3)19/h5-6,9-10H,4,7-8H2,1-3H3,(H2,16,17,18)/t10-,21+/m0/s1. The van der Waals surface area contributed by atoms with E-state index in [1.54, 1.807) is 18.4 Å². The van der Waals surface area contributed by atoms with E-state index in [2.05, 4.69) is 26.6 Å². The Balaban J connectivity index is 2.61. The average molecular weight is 377 g/mol. The van der Waals surface area contributed by atoms with Crippen molar-refractivity contribution in [2.24, 2.45) is 0 Å². The van der Waals surface area contributed by atoms with E-state index in [0.717, 1.165) is 4.47 Å². The van der Waals surface area contributed by atoms with E-state index in [9.17, 15) is 9.00 Å². The van der Waals surface area contributed by atoms with Gasteiger partial charge in [0.15, 0.2) is 0 Å². The van der Waals surface area contributed by atoms with Crippen LogP contribution in [-0.2, 0) is 10.8 Å². The van der Waals surface area contributed by atoms with Crippen LogP contribution in [0, 0.1) is 0 Å². The van der Waals surface area contributed by atoms with Gasteiger partial charge in [0.2, 0.25) is 0 Å². The highest BCUT2D eigenvalue weighted by Crippen LogP contribution is 2.28. The molecule has 0 aliphatic heterocycles. The first-order valence-corrected chi connectivity index (χ1v) is 9.24. The van der Waals surface area contributed by atoms with Gasteiger partial charge in [-0.25, -0.2) is 4.79 Å². The number of benzene rings is 1. The molecule has 0 fully saturated rings. The van der Waals surface area contributed by atoms with Crippen LogP contribution in [0.2, 0.25) is 0 Å². The highest BCUT2D eigenvalue weighted by Gasteiger charge is 2.11. The Morgan fingerprint density at radius 3 is 2.81 bits per heavy atom. The molecule has 0 aliphatic rings. The van der Waals surface area contributed by atoms with Gasteiger partial charge in [0, 0.05) is 33.3 Å². The quantitative estimate of drug-likeness (QED) is 0.767. The van der Waals surface area contributed by atoms with Crippen LogP contribution in [0.3, 0.4) is 0 Å². The van der Waals surface area contributed by atoms with Crippen LogP contribution in [0.1, 0.15) is 20.3 Å². The van der Waals surface area contributed by atoms with Gasteiger partial charge in [0.05, 0.1) is 12.3 Å². The first-order chi connectivity index (χ1) is 9.92. The van der Waals surface area contributed by atoms with E-state index in [1.807, 2.05) is 19.9 Å². The van der Waals surface area contributed by atoms with Gasteiger partial charge >= 0.3 is 6.03 Å². The molecule has 1 rings (SSSR count). The van der Waals surface area contributed by atoms with Gasteiger partial charge in [-0.15, -0.1) is 0 Å². The number of carbonyl (C=O) groups is 1. The van der Waals surface area contributed by atoms with Crippen molar-refractivity contribution in [3.05, 3.63) is 22.7 Å².